The fourth-order valence-corrected chi connectivity index (χ4v) is 4.93. The third-order valence-corrected chi connectivity index (χ3v) is 7.19. The second-order valence-electron chi connectivity index (χ2n) is 7.44. The number of hydrogen-bond donors (Lipinski definition) is 1. The van der Waals surface area contributed by atoms with Gasteiger partial charge in [0.1, 0.15) is 18.0 Å². The van der Waals surface area contributed by atoms with Crippen molar-refractivity contribution in [2.24, 2.45) is 0 Å². The molecule has 9 heteroatoms. The summed E-state index contributed by atoms with van der Waals surface area (Å²) in [4.78, 5) is 12.8. The maximum absolute atomic E-state index is 13.5. The summed E-state index contributed by atoms with van der Waals surface area (Å²) in [5.74, 6) is 0.454. The molecular weight excluding hydrogens is 476 g/mol. The highest BCUT2D eigenvalue weighted by Crippen LogP contribution is 2.32. The van der Waals surface area contributed by atoms with Crippen LogP contribution >= 0.6 is 11.6 Å². The van der Waals surface area contributed by atoms with E-state index in [2.05, 4.69) is 5.32 Å². The van der Waals surface area contributed by atoms with Gasteiger partial charge < -0.3 is 14.8 Å². The van der Waals surface area contributed by atoms with Gasteiger partial charge in [-0.25, -0.2) is 8.42 Å². The monoisotopic (exact) mass is 502 g/mol. The van der Waals surface area contributed by atoms with Gasteiger partial charge in [-0.3, -0.25) is 9.10 Å². The van der Waals surface area contributed by atoms with E-state index >= 15 is 0 Å². The van der Waals surface area contributed by atoms with Crippen LogP contribution in [0.5, 0.6) is 11.5 Å². The van der Waals surface area contributed by atoms with Crippen LogP contribution in [0.3, 0.4) is 0 Å². The predicted octanol–water partition coefficient (Wildman–Crippen LogP) is 4.30. The molecule has 3 aromatic rings. The first kappa shape index (κ1) is 25.4. The summed E-state index contributed by atoms with van der Waals surface area (Å²) in [5, 5.41) is 3.48. The lowest BCUT2D eigenvalue weighted by molar-refractivity contribution is -0.119. The Hall–Kier alpha value is -3.23. The van der Waals surface area contributed by atoms with E-state index in [0.717, 1.165) is 16.3 Å². The highest BCUT2D eigenvalue weighted by molar-refractivity contribution is 7.92. The molecule has 0 fully saturated rings. The van der Waals surface area contributed by atoms with Gasteiger partial charge in [-0.05, 0) is 66.9 Å². The average molecular weight is 503 g/mol. The van der Waals surface area contributed by atoms with Crippen LogP contribution < -0.4 is 19.1 Å². The van der Waals surface area contributed by atoms with Crippen molar-refractivity contribution < 1.29 is 22.7 Å². The normalized spacial score (nSPS) is 11.0. The van der Waals surface area contributed by atoms with E-state index < -0.39 is 22.5 Å². The molecule has 0 saturated carbocycles. The fraction of sp³-hybridized carbons (Fsp3) is 0.240. The topological polar surface area (TPSA) is 84.9 Å². The Kier molecular flexibility index (Phi) is 8.79. The Labute approximate surface area is 205 Å². The van der Waals surface area contributed by atoms with Gasteiger partial charge >= 0.3 is 0 Å². The Balaban J connectivity index is 1.75. The summed E-state index contributed by atoms with van der Waals surface area (Å²) in [5.41, 5.74) is 1.38. The summed E-state index contributed by atoms with van der Waals surface area (Å²) in [7, 11) is -1.11. The molecule has 1 N–H and O–H groups in total. The predicted molar refractivity (Wildman–Crippen MR) is 133 cm³/mol. The van der Waals surface area contributed by atoms with Crippen molar-refractivity contribution in [2.75, 3.05) is 31.6 Å². The minimum atomic E-state index is -4.06. The van der Waals surface area contributed by atoms with Gasteiger partial charge in [0.05, 0.1) is 24.8 Å². The Bertz CT molecular complexity index is 1200. The zero-order valence-corrected chi connectivity index (χ0v) is 20.6. The summed E-state index contributed by atoms with van der Waals surface area (Å²) in [6.45, 7) is 0.0134. The maximum Gasteiger partial charge on any atom is 0.264 e. The number of hydrogen-bond acceptors (Lipinski definition) is 5. The van der Waals surface area contributed by atoms with Crippen molar-refractivity contribution in [2.45, 2.75) is 17.7 Å². The molecule has 0 saturated heterocycles. The van der Waals surface area contributed by atoms with Crippen LogP contribution in [-0.2, 0) is 21.2 Å². The molecule has 180 valence electrons. The number of sulfonamides is 1. The van der Waals surface area contributed by atoms with Crippen LogP contribution in [0.2, 0.25) is 5.02 Å². The van der Waals surface area contributed by atoms with Crippen LogP contribution in [-0.4, -0.2) is 41.6 Å². The van der Waals surface area contributed by atoms with Crippen molar-refractivity contribution in [1.29, 1.82) is 0 Å². The van der Waals surface area contributed by atoms with Crippen molar-refractivity contribution in [3.63, 3.8) is 0 Å². The van der Waals surface area contributed by atoms with Crippen molar-refractivity contribution in [3.8, 4) is 11.5 Å². The number of amides is 1. The quantitative estimate of drug-likeness (QED) is 0.395. The van der Waals surface area contributed by atoms with Gasteiger partial charge in [0.25, 0.3) is 10.0 Å². The molecule has 3 aromatic carbocycles. The van der Waals surface area contributed by atoms with E-state index in [9.17, 15) is 13.2 Å². The van der Waals surface area contributed by atoms with Crippen molar-refractivity contribution >= 4 is 33.2 Å². The van der Waals surface area contributed by atoms with E-state index in [4.69, 9.17) is 21.1 Å². The lowest BCUT2D eigenvalue weighted by Crippen LogP contribution is -2.41. The number of methoxy groups -OCH3 is 2. The average Bonchev–Trinajstić information content (AvgIpc) is 2.86. The number of rotatable bonds is 11. The standard InChI is InChI=1S/C25H27ClN2O5S/c1-32-21-13-15-22(16-14-21)34(30,31)28(23-7-3-4-8-24(23)33-2)18-25(29)27-17-5-6-19-9-11-20(26)12-10-19/h3-4,7-16H,5-6,17-18H2,1-2H3,(H,27,29). The molecule has 34 heavy (non-hydrogen) atoms. The van der Waals surface area contributed by atoms with Gasteiger partial charge in [0, 0.05) is 11.6 Å². The minimum Gasteiger partial charge on any atom is -0.497 e. The number of ether oxygens (including phenoxy) is 2. The summed E-state index contributed by atoms with van der Waals surface area (Å²) in [6, 6.07) is 20.2. The third-order valence-electron chi connectivity index (χ3n) is 5.17. The first-order valence-electron chi connectivity index (χ1n) is 10.7. The number of carbonyl (C=O) groups is 1. The number of benzene rings is 3. The Morgan fingerprint density at radius 2 is 1.62 bits per heavy atom. The van der Waals surface area contributed by atoms with Crippen LogP contribution in [0.15, 0.2) is 77.7 Å². The van der Waals surface area contributed by atoms with Gasteiger partial charge in [-0.15, -0.1) is 0 Å². The molecule has 3 rings (SSSR count). The molecule has 0 unspecified atom stereocenters. The molecular formula is C25H27ClN2O5S. The molecule has 0 atom stereocenters. The summed E-state index contributed by atoms with van der Waals surface area (Å²) < 4.78 is 38.6. The molecule has 0 aliphatic heterocycles. The van der Waals surface area contributed by atoms with Crippen LogP contribution in [0.4, 0.5) is 5.69 Å². The first-order chi connectivity index (χ1) is 16.3. The molecule has 0 aliphatic rings. The Morgan fingerprint density at radius 3 is 2.26 bits per heavy atom. The van der Waals surface area contributed by atoms with Crippen molar-refractivity contribution in [1.82, 2.24) is 5.32 Å². The summed E-state index contributed by atoms with van der Waals surface area (Å²) in [6.07, 6.45) is 1.46. The van der Waals surface area contributed by atoms with E-state index in [1.165, 1.54) is 26.4 Å². The second-order valence-corrected chi connectivity index (χ2v) is 9.74. The smallest absolute Gasteiger partial charge is 0.264 e. The molecule has 0 spiro atoms. The number of para-hydroxylation sites is 2. The van der Waals surface area contributed by atoms with Crippen LogP contribution in [0, 0.1) is 0 Å². The van der Waals surface area contributed by atoms with Gasteiger partial charge in [-0.1, -0.05) is 35.9 Å². The van der Waals surface area contributed by atoms with Crippen LogP contribution in [0.25, 0.3) is 0 Å². The van der Waals surface area contributed by atoms with E-state index in [1.807, 2.05) is 24.3 Å². The highest BCUT2D eigenvalue weighted by atomic mass is 35.5. The molecule has 7 nitrogen and oxygen atoms in total. The number of nitrogens with one attached hydrogen (secondary N) is 1. The SMILES string of the molecule is COc1ccc(S(=O)(=O)N(CC(=O)NCCCc2ccc(Cl)cc2)c2ccccc2OC)cc1. The highest BCUT2D eigenvalue weighted by Gasteiger charge is 2.29. The molecule has 0 bridgehead atoms. The Morgan fingerprint density at radius 1 is 0.941 bits per heavy atom. The molecule has 0 radical (unpaired) electrons. The molecule has 1 amide bonds. The van der Waals surface area contributed by atoms with Gasteiger partial charge in [-0.2, -0.15) is 0 Å². The molecule has 0 aromatic heterocycles. The zero-order chi connectivity index (χ0) is 24.6. The number of aryl methyl sites for hydroxylation is 1. The van der Waals surface area contributed by atoms with Gasteiger partial charge in [0.2, 0.25) is 5.91 Å². The third kappa shape index (κ3) is 6.42. The maximum atomic E-state index is 13.5. The van der Waals surface area contributed by atoms with E-state index in [0.29, 0.717) is 29.5 Å². The number of carbonyl (C=O) groups excluding carboxylic acids is 1. The van der Waals surface area contributed by atoms with Crippen LogP contribution in [0.1, 0.15) is 12.0 Å². The molecule has 0 heterocycles. The lowest BCUT2D eigenvalue weighted by atomic mass is 10.1. The lowest BCUT2D eigenvalue weighted by Gasteiger charge is -2.25. The molecule has 0 aliphatic carbocycles. The van der Waals surface area contributed by atoms with Gasteiger partial charge in [0.15, 0.2) is 0 Å². The van der Waals surface area contributed by atoms with E-state index in [1.54, 1.807) is 36.4 Å². The fourth-order valence-electron chi connectivity index (χ4n) is 3.37. The zero-order valence-electron chi connectivity index (χ0n) is 19.0. The van der Waals surface area contributed by atoms with Crippen molar-refractivity contribution in [3.05, 3.63) is 83.4 Å². The number of halogens is 1. The number of anilines is 1. The largest absolute Gasteiger partial charge is 0.497 e. The minimum absolute atomic E-state index is 0.0368. The first-order valence-corrected chi connectivity index (χ1v) is 12.5. The summed E-state index contributed by atoms with van der Waals surface area (Å²) >= 11 is 5.91. The van der Waals surface area contributed by atoms with E-state index in [-0.39, 0.29) is 10.6 Å². The number of nitrogens with zero attached hydrogens (tertiary/aromatic N) is 1. The second kappa shape index (κ2) is 11.8.